The van der Waals surface area contributed by atoms with Crippen LogP contribution in [0.4, 0.5) is 0 Å². The lowest BCUT2D eigenvalue weighted by Gasteiger charge is -2.70. The first-order valence-electron chi connectivity index (χ1n) is 20.9. The van der Waals surface area contributed by atoms with Gasteiger partial charge in [-0.15, -0.1) is 0 Å². The van der Waals surface area contributed by atoms with Crippen LogP contribution in [0.3, 0.4) is 0 Å². The molecule has 0 radical (unpaired) electrons. The number of aliphatic hydroxyl groups is 9. The molecule has 13 nitrogen and oxygen atoms in total. The van der Waals surface area contributed by atoms with E-state index in [2.05, 4.69) is 54.5 Å². The molecule has 2 heterocycles. The molecule has 2 saturated heterocycles. The Morgan fingerprint density at radius 3 is 1.85 bits per heavy atom. The van der Waals surface area contributed by atoms with Crippen LogP contribution in [0.25, 0.3) is 0 Å². The second-order valence-electron chi connectivity index (χ2n) is 19.8. The van der Waals surface area contributed by atoms with Gasteiger partial charge in [0.15, 0.2) is 12.6 Å². The van der Waals surface area contributed by atoms with Gasteiger partial charge in [0.2, 0.25) is 0 Å². The zero-order valence-corrected chi connectivity index (χ0v) is 34.1. The predicted octanol–water partition coefficient (Wildman–Crippen LogP) is 2.15. The fourth-order valence-corrected chi connectivity index (χ4v) is 13.4. The van der Waals surface area contributed by atoms with E-state index >= 15 is 0 Å². The van der Waals surface area contributed by atoms with Crippen molar-refractivity contribution in [1.82, 2.24) is 0 Å². The molecule has 9 unspecified atom stereocenters. The van der Waals surface area contributed by atoms with Crippen LogP contribution in [0.1, 0.15) is 113 Å². The first-order chi connectivity index (χ1) is 25.8. The Morgan fingerprint density at radius 1 is 0.691 bits per heavy atom. The summed E-state index contributed by atoms with van der Waals surface area (Å²) in [5, 5.41) is 95.0. The van der Waals surface area contributed by atoms with Crippen LogP contribution < -0.4 is 0 Å². The maximum atomic E-state index is 11.6. The van der Waals surface area contributed by atoms with E-state index < -0.39 is 85.6 Å². The monoisotopic (exact) mass is 784 g/mol. The largest absolute Gasteiger partial charge is 0.396 e. The van der Waals surface area contributed by atoms with Crippen LogP contribution in [0.15, 0.2) is 11.6 Å². The number of rotatable bonds is 11. The molecule has 9 N–H and O–H groups in total. The third-order valence-corrected chi connectivity index (χ3v) is 16.7. The van der Waals surface area contributed by atoms with Gasteiger partial charge in [0.1, 0.15) is 48.8 Å². The van der Waals surface area contributed by atoms with E-state index in [4.69, 9.17) is 18.9 Å². The zero-order chi connectivity index (χ0) is 40.5. The zero-order valence-electron chi connectivity index (χ0n) is 34.1. The molecule has 0 aromatic rings. The fourth-order valence-electron chi connectivity index (χ4n) is 13.4. The highest BCUT2D eigenvalue weighted by Gasteiger charge is 2.71. The van der Waals surface area contributed by atoms with Crippen LogP contribution in [0.2, 0.25) is 0 Å². The molecule has 6 aliphatic rings. The molecule has 4 saturated carbocycles. The summed E-state index contributed by atoms with van der Waals surface area (Å²) < 4.78 is 25.0. The van der Waals surface area contributed by atoms with E-state index in [9.17, 15) is 46.0 Å². The molecule has 0 spiro atoms. The number of hydrogen-bond donors (Lipinski definition) is 9. The molecule has 6 fully saturated rings. The molecule has 0 bridgehead atoms. The first kappa shape index (κ1) is 43.8. The Morgan fingerprint density at radius 2 is 1.27 bits per heavy atom. The molecule has 6 rings (SSSR count). The van der Waals surface area contributed by atoms with Crippen molar-refractivity contribution in [3.8, 4) is 0 Å². The average molecular weight is 785 g/mol. The topological polar surface area (TPSA) is 219 Å². The lowest BCUT2D eigenvalue weighted by atomic mass is 9.35. The molecular weight excluding hydrogens is 712 g/mol. The van der Waals surface area contributed by atoms with Gasteiger partial charge in [-0.1, -0.05) is 39.3 Å². The molecular formula is C42H72O13. The van der Waals surface area contributed by atoms with E-state index in [1.165, 1.54) is 5.57 Å². The molecule has 55 heavy (non-hydrogen) atoms. The van der Waals surface area contributed by atoms with Gasteiger partial charge in [-0.25, -0.2) is 0 Å². The molecule has 318 valence electrons. The van der Waals surface area contributed by atoms with Gasteiger partial charge in [-0.2, -0.15) is 0 Å². The summed E-state index contributed by atoms with van der Waals surface area (Å²) in [6, 6.07) is 0. The Kier molecular flexibility index (Phi) is 12.7. The third-order valence-electron chi connectivity index (χ3n) is 16.7. The minimum absolute atomic E-state index is 0.0545. The molecule has 0 amide bonds. The fraction of sp³-hybridized carbons (Fsp3) is 0.952. The number of ether oxygens (including phenoxy) is 4. The lowest BCUT2D eigenvalue weighted by molar-refractivity contribution is -0.336. The smallest absolute Gasteiger partial charge is 0.187 e. The molecule has 4 aliphatic carbocycles. The summed E-state index contributed by atoms with van der Waals surface area (Å²) >= 11 is 0. The van der Waals surface area contributed by atoms with E-state index in [0.717, 1.165) is 51.4 Å². The number of aliphatic hydroxyl groups excluding tert-OH is 9. The summed E-state index contributed by atoms with van der Waals surface area (Å²) in [4.78, 5) is 0. The second-order valence-corrected chi connectivity index (χ2v) is 19.8. The van der Waals surface area contributed by atoms with Crippen molar-refractivity contribution in [2.45, 2.75) is 186 Å². The van der Waals surface area contributed by atoms with Gasteiger partial charge < -0.3 is 64.9 Å². The van der Waals surface area contributed by atoms with E-state index in [1.54, 1.807) is 0 Å². The molecule has 0 aromatic carbocycles. The van der Waals surface area contributed by atoms with Crippen LogP contribution >= 0.6 is 0 Å². The van der Waals surface area contributed by atoms with Crippen molar-refractivity contribution in [3.05, 3.63) is 11.6 Å². The summed E-state index contributed by atoms with van der Waals surface area (Å²) in [6.07, 6.45) is -3.27. The maximum Gasteiger partial charge on any atom is 0.187 e. The van der Waals surface area contributed by atoms with Crippen molar-refractivity contribution < 1.29 is 64.9 Å². The second kappa shape index (κ2) is 16.0. The molecule has 2 aliphatic heterocycles. The summed E-state index contributed by atoms with van der Waals surface area (Å²) in [7, 11) is 0. The van der Waals surface area contributed by atoms with E-state index in [1.807, 2.05) is 0 Å². The van der Waals surface area contributed by atoms with Crippen LogP contribution in [0, 0.1) is 45.3 Å². The van der Waals surface area contributed by atoms with Gasteiger partial charge in [-0.05, 0) is 125 Å². The van der Waals surface area contributed by atoms with Crippen LogP contribution in [0.5, 0.6) is 0 Å². The molecule has 0 aromatic heterocycles. The lowest BCUT2D eigenvalue weighted by Crippen LogP contribution is -2.67. The quantitative estimate of drug-likeness (QED) is 0.109. The standard InChI is InChI=1S/C42H72O13/c1-22(2)9-8-15-41(7,55-37-35(51)33(49)31(47)26(20-44)53-37)24-12-16-39(5)23(24)10-11-28-40(39,6)17-13-27-38(3,4)29(14-18-42(27,28)21-45)54-36-34(50)32(48)30(46)25(19-43)52-36/h9,23-37,43-51H,8,10-21H2,1-7H3/t23?,24?,25-,26-,27?,28?,29?,30-,31-,32+,33+,34-,35-,36+,37+,39?,40?,41?,42?/m1/s1. The minimum atomic E-state index is -1.52. The van der Waals surface area contributed by atoms with E-state index in [-0.39, 0.29) is 52.6 Å². The van der Waals surface area contributed by atoms with Gasteiger partial charge in [-0.3, -0.25) is 0 Å². The highest BCUT2D eigenvalue weighted by atomic mass is 16.7. The van der Waals surface area contributed by atoms with Crippen LogP contribution in [-0.4, -0.2) is 139 Å². The highest BCUT2D eigenvalue weighted by molar-refractivity contribution is 5.19. The Hall–Kier alpha value is -0.780. The number of hydrogen-bond acceptors (Lipinski definition) is 13. The number of fused-ring (bicyclic) bond motifs is 5. The van der Waals surface area contributed by atoms with Crippen LogP contribution in [-0.2, 0) is 18.9 Å². The van der Waals surface area contributed by atoms with Gasteiger partial charge in [0.05, 0.1) is 24.9 Å². The summed E-state index contributed by atoms with van der Waals surface area (Å²) in [6.45, 7) is 14.5. The number of allylic oxidation sites excluding steroid dienone is 2. The Bertz CT molecular complexity index is 1350. The minimum Gasteiger partial charge on any atom is -0.396 e. The normalized spacial score (nSPS) is 50.7. The predicted molar refractivity (Wildman–Crippen MR) is 201 cm³/mol. The van der Waals surface area contributed by atoms with Crippen molar-refractivity contribution in [3.63, 3.8) is 0 Å². The SMILES string of the molecule is CC(C)=CCCC(C)(O[C@@H]1O[C@H](CO)[C@@H](O)[C@H](O)[C@H]1O)C1CCC2(C)C1CCC1C3(CO)CCC(O[C@@H]4O[C@H](CO)[C@@H](O)[C@H](O)[C@H]4O)C(C)(C)C3CCC12C. The van der Waals surface area contributed by atoms with Crippen molar-refractivity contribution in [2.24, 2.45) is 45.3 Å². The molecule has 19 atom stereocenters. The Labute approximate surface area is 327 Å². The first-order valence-corrected chi connectivity index (χ1v) is 20.9. The van der Waals surface area contributed by atoms with Gasteiger partial charge in [0.25, 0.3) is 0 Å². The summed E-state index contributed by atoms with van der Waals surface area (Å²) in [5.74, 6) is 0.726. The Balaban J connectivity index is 1.25. The average Bonchev–Trinajstić information content (AvgIpc) is 3.51. The molecule has 13 heteroatoms. The highest BCUT2D eigenvalue weighted by Crippen LogP contribution is 2.76. The van der Waals surface area contributed by atoms with Gasteiger partial charge >= 0.3 is 0 Å². The van der Waals surface area contributed by atoms with Crippen molar-refractivity contribution in [2.75, 3.05) is 19.8 Å². The van der Waals surface area contributed by atoms with Crippen molar-refractivity contribution >= 4 is 0 Å². The van der Waals surface area contributed by atoms with Crippen molar-refractivity contribution in [1.29, 1.82) is 0 Å². The maximum absolute atomic E-state index is 11.6. The third kappa shape index (κ3) is 7.10. The van der Waals surface area contributed by atoms with E-state index in [0.29, 0.717) is 12.8 Å². The summed E-state index contributed by atoms with van der Waals surface area (Å²) in [5.41, 5.74) is -0.537. The van der Waals surface area contributed by atoms with Gasteiger partial charge in [0, 0.05) is 12.0 Å².